The Morgan fingerprint density at radius 1 is 0.967 bits per heavy atom. The molecule has 4 aromatic rings. The number of benzene rings is 3. The van der Waals surface area contributed by atoms with Crippen molar-refractivity contribution in [3.05, 3.63) is 101 Å². The first kappa shape index (κ1) is 19.7. The highest BCUT2D eigenvalue weighted by Gasteiger charge is 2.06. The third-order valence-electron chi connectivity index (χ3n) is 4.22. The van der Waals surface area contributed by atoms with Crippen LogP contribution in [0, 0.1) is 11.6 Å². The van der Waals surface area contributed by atoms with Crippen molar-refractivity contribution in [1.82, 2.24) is 4.98 Å². The molecule has 0 amide bonds. The fourth-order valence-corrected chi connectivity index (χ4v) is 3.37. The van der Waals surface area contributed by atoms with E-state index in [1.807, 2.05) is 35.7 Å². The maximum atomic E-state index is 13.7. The average molecular weight is 421 g/mol. The van der Waals surface area contributed by atoms with Crippen molar-refractivity contribution >= 4 is 22.7 Å². The Morgan fingerprint density at radius 2 is 1.73 bits per heavy atom. The number of rotatable bonds is 7. The summed E-state index contributed by atoms with van der Waals surface area (Å²) in [6.45, 7) is 0.185. The SMILES string of the molecule is Fc1ccc(COc2cc(F)ccc2C=NNc2nc(-c3ccccc3)cs2)cc1. The second-order valence-corrected chi connectivity index (χ2v) is 7.23. The summed E-state index contributed by atoms with van der Waals surface area (Å²) in [4.78, 5) is 4.50. The summed E-state index contributed by atoms with van der Waals surface area (Å²) in [5.74, 6) is -0.392. The Labute approximate surface area is 176 Å². The molecular weight excluding hydrogens is 404 g/mol. The van der Waals surface area contributed by atoms with Gasteiger partial charge in [0.25, 0.3) is 0 Å². The van der Waals surface area contributed by atoms with E-state index in [-0.39, 0.29) is 12.4 Å². The second kappa shape index (κ2) is 9.28. The molecule has 150 valence electrons. The molecule has 0 saturated carbocycles. The molecule has 0 saturated heterocycles. The number of halogens is 2. The van der Waals surface area contributed by atoms with Gasteiger partial charge in [-0.15, -0.1) is 11.3 Å². The van der Waals surface area contributed by atoms with E-state index in [1.165, 1.54) is 35.6 Å². The van der Waals surface area contributed by atoms with Gasteiger partial charge in [0.15, 0.2) is 0 Å². The Hall–Kier alpha value is -3.58. The van der Waals surface area contributed by atoms with E-state index in [0.717, 1.165) is 16.8 Å². The van der Waals surface area contributed by atoms with Gasteiger partial charge in [-0.3, -0.25) is 5.43 Å². The van der Waals surface area contributed by atoms with E-state index in [4.69, 9.17) is 4.74 Å². The largest absolute Gasteiger partial charge is 0.488 e. The summed E-state index contributed by atoms with van der Waals surface area (Å²) in [7, 11) is 0. The molecule has 1 aromatic heterocycles. The minimum Gasteiger partial charge on any atom is -0.488 e. The molecule has 0 bridgehead atoms. The lowest BCUT2D eigenvalue weighted by Crippen LogP contribution is -2.00. The number of ether oxygens (including phenoxy) is 1. The molecule has 1 heterocycles. The van der Waals surface area contributed by atoms with Crippen molar-refractivity contribution in [2.75, 3.05) is 5.43 Å². The van der Waals surface area contributed by atoms with Crippen LogP contribution in [-0.2, 0) is 6.61 Å². The highest BCUT2D eigenvalue weighted by atomic mass is 32.1. The van der Waals surface area contributed by atoms with E-state index in [2.05, 4.69) is 15.5 Å². The molecule has 4 rings (SSSR count). The van der Waals surface area contributed by atoms with E-state index >= 15 is 0 Å². The molecule has 7 heteroatoms. The molecule has 0 aliphatic carbocycles. The molecule has 0 atom stereocenters. The van der Waals surface area contributed by atoms with Gasteiger partial charge in [0.05, 0.1) is 11.9 Å². The maximum Gasteiger partial charge on any atom is 0.203 e. The van der Waals surface area contributed by atoms with Crippen LogP contribution in [0.15, 0.2) is 83.3 Å². The van der Waals surface area contributed by atoms with Crippen LogP contribution < -0.4 is 10.2 Å². The van der Waals surface area contributed by atoms with Gasteiger partial charge in [-0.2, -0.15) is 5.10 Å². The molecule has 4 nitrogen and oxygen atoms in total. The van der Waals surface area contributed by atoms with Crippen LogP contribution in [0.5, 0.6) is 5.75 Å². The minimum atomic E-state index is -0.415. The summed E-state index contributed by atoms with van der Waals surface area (Å²) in [5, 5.41) is 6.78. The molecule has 0 fully saturated rings. The summed E-state index contributed by atoms with van der Waals surface area (Å²) in [6.07, 6.45) is 1.54. The molecule has 0 spiro atoms. The van der Waals surface area contributed by atoms with Crippen LogP contribution in [-0.4, -0.2) is 11.2 Å². The fourth-order valence-electron chi connectivity index (χ4n) is 2.71. The van der Waals surface area contributed by atoms with E-state index in [0.29, 0.717) is 16.4 Å². The van der Waals surface area contributed by atoms with Crippen molar-refractivity contribution < 1.29 is 13.5 Å². The Bertz CT molecular complexity index is 1140. The van der Waals surface area contributed by atoms with Crippen LogP contribution in [0.4, 0.5) is 13.9 Å². The van der Waals surface area contributed by atoms with Gasteiger partial charge < -0.3 is 4.74 Å². The van der Waals surface area contributed by atoms with Gasteiger partial charge >= 0.3 is 0 Å². The van der Waals surface area contributed by atoms with Crippen molar-refractivity contribution in [3.8, 4) is 17.0 Å². The normalized spacial score (nSPS) is 11.0. The molecule has 3 aromatic carbocycles. The van der Waals surface area contributed by atoms with E-state index in [9.17, 15) is 8.78 Å². The third kappa shape index (κ3) is 5.07. The molecular formula is C23H17F2N3OS. The molecule has 0 unspecified atom stereocenters. The second-order valence-electron chi connectivity index (χ2n) is 6.37. The van der Waals surface area contributed by atoms with Crippen LogP contribution in [0.2, 0.25) is 0 Å². The number of aromatic nitrogens is 1. The van der Waals surface area contributed by atoms with Gasteiger partial charge in [-0.05, 0) is 29.8 Å². The highest BCUT2D eigenvalue weighted by molar-refractivity contribution is 7.14. The highest BCUT2D eigenvalue weighted by Crippen LogP contribution is 2.25. The van der Waals surface area contributed by atoms with Crippen LogP contribution in [0.1, 0.15) is 11.1 Å². The van der Waals surface area contributed by atoms with Crippen LogP contribution in [0.3, 0.4) is 0 Å². The summed E-state index contributed by atoms with van der Waals surface area (Å²) in [5.41, 5.74) is 6.16. The molecule has 0 aliphatic heterocycles. The first-order valence-electron chi connectivity index (χ1n) is 9.14. The fraction of sp³-hybridized carbons (Fsp3) is 0.0435. The van der Waals surface area contributed by atoms with Gasteiger partial charge in [0.2, 0.25) is 5.13 Å². The number of nitrogens with one attached hydrogen (secondary N) is 1. The molecule has 0 aliphatic rings. The van der Waals surface area contributed by atoms with Crippen LogP contribution in [0.25, 0.3) is 11.3 Å². The first-order valence-corrected chi connectivity index (χ1v) is 10.0. The zero-order valence-electron chi connectivity index (χ0n) is 15.8. The smallest absolute Gasteiger partial charge is 0.203 e. The number of thiazole rings is 1. The van der Waals surface area contributed by atoms with E-state index < -0.39 is 5.82 Å². The van der Waals surface area contributed by atoms with Crippen molar-refractivity contribution in [2.45, 2.75) is 6.61 Å². The predicted molar refractivity (Wildman–Crippen MR) is 116 cm³/mol. The van der Waals surface area contributed by atoms with Crippen molar-refractivity contribution in [1.29, 1.82) is 0 Å². The quantitative estimate of drug-likeness (QED) is 0.289. The average Bonchev–Trinajstić information content (AvgIpc) is 3.24. The van der Waals surface area contributed by atoms with Gasteiger partial charge in [0, 0.05) is 22.6 Å². The lowest BCUT2D eigenvalue weighted by molar-refractivity contribution is 0.304. The summed E-state index contributed by atoms with van der Waals surface area (Å²) in [6, 6.07) is 20.0. The number of hydrogen-bond acceptors (Lipinski definition) is 5. The third-order valence-corrected chi connectivity index (χ3v) is 4.97. The lowest BCUT2D eigenvalue weighted by Gasteiger charge is -2.09. The Balaban J connectivity index is 1.43. The van der Waals surface area contributed by atoms with Gasteiger partial charge in [-0.1, -0.05) is 42.5 Å². The first-order chi connectivity index (χ1) is 14.7. The zero-order valence-corrected chi connectivity index (χ0v) is 16.6. The number of hydrogen-bond donors (Lipinski definition) is 1. The van der Waals surface area contributed by atoms with Gasteiger partial charge in [-0.25, -0.2) is 13.8 Å². The standard InChI is InChI=1S/C23H17F2N3OS/c24-19-9-6-16(7-10-19)14-29-22-12-20(25)11-8-18(22)13-26-28-23-27-21(15-30-23)17-4-2-1-3-5-17/h1-13,15H,14H2,(H,27,28). The summed E-state index contributed by atoms with van der Waals surface area (Å²) < 4.78 is 32.4. The maximum absolute atomic E-state index is 13.7. The molecule has 30 heavy (non-hydrogen) atoms. The number of nitrogens with zero attached hydrogens (tertiary/aromatic N) is 2. The van der Waals surface area contributed by atoms with Crippen molar-refractivity contribution in [3.63, 3.8) is 0 Å². The van der Waals surface area contributed by atoms with Gasteiger partial charge in [0.1, 0.15) is 24.0 Å². The Kier molecular flexibility index (Phi) is 6.10. The molecule has 1 N–H and O–H groups in total. The minimum absolute atomic E-state index is 0.185. The van der Waals surface area contributed by atoms with E-state index in [1.54, 1.807) is 24.4 Å². The topological polar surface area (TPSA) is 46.5 Å². The lowest BCUT2D eigenvalue weighted by atomic mass is 10.2. The zero-order chi connectivity index (χ0) is 20.8. The molecule has 0 radical (unpaired) electrons. The van der Waals surface area contributed by atoms with Crippen LogP contribution >= 0.6 is 11.3 Å². The monoisotopic (exact) mass is 421 g/mol. The number of anilines is 1. The van der Waals surface area contributed by atoms with Crippen molar-refractivity contribution in [2.24, 2.45) is 5.10 Å². The predicted octanol–water partition coefficient (Wildman–Crippen LogP) is 6.11. The summed E-state index contributed by atoms with van der Waals surface area (Å²) >= 11 is 1.44. The number of hydrazone groups is 1. The Morgan fingerprint density at radius 3 is 2.53 bits per heavy atom.